The van der Waals surface area contributed by atoms with E-state index in [2.05, 4.69) is 26.9 Å². The van der Waals surface area contributed by atoms with Crippen LogP contribution < -0.4 is 5.32 Å². The lowest BCUT2D eigenvalue weighted by molar-refractivity contribution is 0.706. The van der Waals surface area contributed by atoms with Crippen molar-refractivity contribution in [1.29, 1.82) is 0 Å². The molecule has 5 heteroatoms. The molecule has 5 nitrogen and oxygen atoms in total. The Morgan fingerprint density at radius 1 is 1.41 bits per heavy atom. The van der Waals surface area contributed by atoms with Crippen molar-refractivity contribution in [3.8, 4) is 0 Å². The molecule has 0 aliphatic carbocycles. The Hall–Kier alpha value is -1.78. The van der Waals surface area contributed by atoms with E-state index in [1.807, 2.05) is 37.1 Å². The standard InChI is InChI=1S/C12H19N5/c1-4-6-13-12-14-10(2)8-17(12)9-11-5-7-16(3)15-11/h5,7-8H,4,6,9H2,1-3H3,(H,13,14). The van der Waals surface area contributed by atoms with Crippen molar-refractivity contribution in [3.05, 3.63) is 29.8 Å². The second kappa shape index (κ2) is 5.03. The summed E-state index contributed by atoms with van der Waals surface area (Å²) in [5, 5.41) is 7.70. The molecule has 17 heavy (non-hydrogen) atoms. The van der Waals surface area contributed by atoms with Gasteiger partial charge in [-0.1, -0.05) is 6.92 Å². The van der Waals surface area contributed by atoms with Gasteiger partial charge in [-0.05, 0) is 19.4 Å². The summed E-state index contributed by atoms with van der Waals surface area (Å²) >= 11 is 0. The van der Waals surface area contributed by atoms with E-state index in [4.69, 9.17) is 0 Å². The number of nitrogens with one attached hydrogen (secondary N) is 1. The van der Waals surface area contributed by atoms with Crippen molar-refractivity contribution in [2.24, 2.45) is 7.05 Å². The third-order valence-electron chi connectivity index (χ3n) is 2.53. The third kappa shape index (κ3) is 2.87. The quantitative estimate of drug-likeness (QED) is 0.856. The number of aromatic nitrogens is 4. The average molecular weight is 233 g/mol. The minimum Gasteiger partial charge on any atom is -0.356 e. The van der Waals surface area contributed by atoms with Gasteiger partial charge in [-0.3, -0.25) is 4.68 Å². The van der Waals surface area contributed by atoms with Crippen LogP contribution in [0.15, 0.2) is 18.5 Å². The molecular formula is C12H19N5. The summed E-state index contributed by atoms with van der Waals surface area (Å²) in [4.78, 5) is 4.47. The summed E-state index contributed by atoms with van der Waals surface area (Å²) < 4.78 is 3.92. The van der Waals surface area contributed by atoms with E-state index >= 15 is 0 Å². The van der Waals surface area contributed by atoms with Crippen molar-refractivity contribution in [1.82, 2.24) is 19.3 Å². The summed E-state index contributed by atoms with van der Waals surface area (Å²) in [7, 11) is 1.93. The number of rotatable bonds is 5. The number of hydrogen-bond acceptors (Lipinski definition) is 3. The Bertz CT molecular complexity index is 483. The van der Waals surface area contributed by atoms with Crippen LogP contribution in [-0.2, 0) is 13.6 Å². The lowest BCUT2D eigenvalue weighted by atomic mass is 10.4. The molecule has 0 saturated heterocycles. The summed E-state index contributed by atoms with van der Waals surface area (Å²) in [6.07, 6.45) is 5.10. The number of nitrogens with zero attached hydrogens (tertiary/aromatic N) is 4. The van der Waals surface area contributed by atoms with E-state index in [9.17, 15) is 0 Å². The van der Waals surface area contributed by atoms with Crippen LogP contribution in [0.3, 0.4) is 0 Å². The molecule has 0 saturated carbocycles. The topological polar surface area (TPSA) is 47.7 Å². The highest BCUT2D eigenvalue weighted by atomic mass is 15.3. The molecule has 0 aromatic carbocycles. The molecule has 0 radical (unpaired) electrons. The molecule has 0 fully saturated rings. The maximum absolute atomic E-state index is 4.47. The number of hydrogen-bond donors (Lipinski definition) is 1. The van der Waals surface area contributed by atoms with Crippen LogP contribution in [0.2, 0.25) is 0 Å². The second-order valence-corrected chi connectivity index (χ2v) is 4.24. The van der Waals surface area contributed by atoms with Gasteiger partial charge in [0.25, 0.3) is 0 Å². The van der Waals surface area contributed by atoms with Gasteiger partial charge in [0, 0.05) is 26.0 Å². The zero-order chi connectivity index (χ0) is 12.3. The molecule has 2 heterocycles. The number of imidazole rings is 1. The fraction of sp³-hybridized carbons (Fsp3) is 0.500. The normalized spacial score (nSPS) is 10.8. The molecule has 2 rings (SSSR count). The largest absolute Gasteiger partial charge is 0.356 e. The minimum absolute atomic E-state index is 0.758. The van der Waals surface area contributed by atoms with Crippen LogP contribution >= 0.6 is 0 Å². The van der Waals surface area contributed by atoms with E-state index in [1.165, 1.54) is 0 Å². The van der Waals surface area contributed by atoms with Gasteiger partial charge in [0.1, 0.15) is 0 Å². The van der Waals surface area contributed by atoms with Crippen LogP contribution in [0.25, 0.3) is 0 Å². The summed E-state index contributed by atoms with van der Waals surface area (Å²) in [5.41, 5.74) is 2.07. The fourth-order valence-electron chi connectivity index (χ4n) is 1.77. The van der Waals surface area contributed by atoms with Crippen molar-refractivity contribution in [2.45, 2.75) is 26.8 Å². The first-order chi connectivity index (χ1) is 8.19. The first-order valence-corrected chi connectivity index (χ1v) is 5.95. The van der Waals surface area contributed by atoms with E-state index in [-0.39, 0.29) is 0 Å². The van der Waals surface area contributed by atoms with E-state index in [0.29, 0.717) is 0 Å². The van der Waals surface area contributed by atoms with Gasteiger partial charge in [0.15, 0.2) is 0 Å². The predicted molar refractivity (Wildman–Crippen MR) is 68.1 cm³/mol. The molecule has 0 amide bonds. The molecular weight excluding hydrogens is 214 g/mol. The van der Waals surface area contributed by atoms with Crippen molar-refractivity contribution in [3.63, 3.8) is 0 Å². The molecule has 1 N–H and O–H groups in total. The fourth-order valence-corrected chi connectivity index (χ4v) is 1.77. The molecule has 0 bridgehead atoms. The van der Waals surface area contributed by atoms with Crippen LogP contribution in [0.5, 0.6) is 0 Å². The minimum atomic E-state index is 0.758. The van der Waals surface area contributed by atoms with Gasteiger partial charge in [-0.25, -0.2) is 4.98 Å². The van der Waals surface area contributed by atoms with Gasteiger partial charge >= 0.3 is 0 Å². The van der Waals surface area contributed by atoms with Gasteiger partial charge in [-0.15, -0.1) is 0 Å². The Labute approximate surface area is 101 Å². The Kier molecular flexibility index (Phi) is 3.46. The smallest absolute Gasteiger partial charge is 0.203 e. The zero-order valence-corrected chi connectivity index (χ0v) is 10.6. The lowest BCUT2D eigenvalue weighted by Gasteiger charge is -2.07. The van der Waals surface area contributed by atoms with Gasteiger partial charge in [0.05, 0.1) is 17.9 Å². The molecule has 2 aromatic heterocycles. The van der Waals surface area contributed by atoms with Gasteiger partial charge < -0.3 is 9.88 Å². The molecule has 0 spiro atoms. The molecule has 0 aliphatic rings. The molecule has 0 aliphatic heterocycles. The average Bonchev–Trinajstić information content (AvgIpc) is 2.83. The highest BCUT2D eigenvalue weighted by Gasteiger charge is 2.06. The second-order valence-electron chi connectivity index (χ2n) is 4.24. The van der Waals surface area contributed by atoms with E-state index in [0.717, 1.165) is 36.8 Å². The first-order valence-electron chi connectivity index (χ1n) is 5.95. The summed E-state index contributed by atoms with van der Waals surface area (Å²) in [6.45, 7) is 5.85. The van der Waals surface area contributed by atoms with Crippen LogP contribution in [0, 0.1) is 6.92 Å². The van der Waals surface area contributed by atoms with Crippen LogP contribution in [0.4, 0.5) is 5.95 Å². The zero-order valence-electron chi connectivity index (χ0n) is 10.6. The third-order valence-corrected chi connectivity index (χ3v) is 2.53. The Morgan fingerprint density at radius 2 is 2.24 bits per heavy atom. The highest BCUT2D eigenvalue weighted by Crippen LogP contribution is 2.10. The van der Waals surface area contributed by atoms with Crippen LogP contribution in [-0.4, -0.2) is 25.9 Å². The van der Waals surface area contributed by atoms with E-state index in [1.54, 1.807) is 0 Å². The van der Waals surface area contributed by atoms with Crippen molar-refractivity contribution < 1.29 is 0 Å². The molecule has 92 valence electrons. The summed E-state index contributed by atoms with van der Waals surface area (Å²) in [5.74, 6) is 0.926. The van der Waals surface area contributed by atoms with Crippen molar-refractivity contribution >= 4 is 5.95 Å². The maximum atomic E-state index is 4.47. The van der Waals surface area contributed by atoms with Crippen molar-refractivity contribution in [2.75, 3.05) is 11.9 Å². The Balaban J connectivity index is 2.14. The summed E-state index contributed by atoms with van der Waals surface area (Å²) in [6, 6.07) is 2.03. The molecule has 0 atom stereocenters. The molecule has 2 aromatic rings. The maximum Gasteiger partial charge on any atom is 0.203 e. The van der Waals surface area contributed by atoms with Crippen LogP contribution in [0.1, 0.15) is 24.7 Å². The van der Waals surface area contributed by atoms with Gasteiger partial charge in [-0.2, -0.15) is 5.10 Å². The van der Waals surface area contributed by atoms with Gasteiger partial charge in [0.2, 0.25) is 5.95 Å². The SMILES string of the molecule is CCCNc1nc(C)cn1Cc1ccn(C)n1. The molecule has 0 unspecified atom stereocenters. The number of anilines is 1. The number of aryl methyl sites for hydroxylation is 2. The monoisotopic (exact) mass is 233 g/mol. The Morgan fingerprint density at radius 3 is 2.88 bits per heavy atom. The highest BCUT2D eigenvalue weighted by molar-refractivity contribution is 5.29. The lowest BCUT2D eigenvalue weighted by Crippen LogP contribution is -2.09. The first kappa shape index (κ1) is 11.7. The predicted octanol–water partition coefficient (Wildman–Crippen LogP) is 1.80. The van der Waals surface area contributed by atoms with E-state index < -0.39 is 0 Å².